The van der Waals surface area contributed by atoms with E-state index in [9.17, 15) is 9.59 Å². The van der Waals surface area contributed by atoms with E-state index >= 15 is 0 Å². The number of methoxy groups -OCH3 is 1. The van der Waals surface area contributed by atoms with Crippen molar-refractivity contribution in [2.24, 2.45) is 0 Å². The van der Waals surface area contributed by atoms with Gasteiger partial charge in [0.1, 0.15) is 5.75 Å². The Balaban J connectivity index is 1.63. The van der Waals surface area contributed by atoms with Gasteiger partial charge in [-0.15, -0.1) is 0 Å². The highest BCUT2D eigenvalue weighted by Crippen LogP contribution is 2.30. The number of hydrogen-bond acceptors (Lipinski definition) is 5. The number of rotatable bonds is 4. The maximum Gasteiger partial charge on any atom is 0.336 e. The number of ether oxygens (including phenoxy) is 3. The number of para-hydroxylation sites is 2. The molecule has 3 rings (SSSR count). The second-order valence-electron chi connectivity index (χ2n) is 6.28. The molecule has 2 amide bonds. The topological polar surface area (TPSA) is 77.1 Å². The molecule has 1 aliphatic carbocycles. The SMILES string of the molecule is COC(=O)[C@@H]1CN(C(=O)Nc2ccccc2OC2CCCC2)CCO1. The summed E-state index contributed by atoms with van der Waals surface area (Å²) in [5.74, 6) is 0.211. The lowest BCUT2D eigenvalue weighted by molar-refractivity contribution is -0.158. The molecule has 1 saturated carbocycles. The molecular weight excluding hydrogens is 324 g/mol. The smallest absolute Gasteiger partial charge is 0.336 e. The molecule has 25 heavy (non-hydrogen) atoms. The summed E-state index contributed by atoms with van der Waals surface area (Å²) in [6.07, 6.45) is 3.93. The summed E-state index contributed by atoms with van der Waals surface area (Å²) in [5.41, 5.74) is 0.639. The number of carbonyl (C=O) groups is 2. The van der Waals surface area contributed by atoms with Crippen LogP contribution in [0.4, 0.5) is 10.5 Å². The summed E-state index contributed by atoms with van der Waals surface area (Å²) >= 11 is 0. The van der Waals surface area contributed by atoms with Crippen LogP contribution in [0.5, 0.6) is 5.75 Å². The molecule has 7 nitrogen and oxygen atoms in total. The number of nitrogens with zero attached hydrogens (tertiary/aromatic N) is 1. The van der Waals surface area contributed by atoms with Crippen molar-refractivity contribution in [2.75, 3.05) is 32.1 Å². The molecule has 0 spiro atoms. The summed E-state index contributed by atoms with van der Waals surface area (Å²) in [6, 6.07) is 7.15. The number of amides is 2. The standard InChI is InChI=1S/C18H24N2O5/c1-23-17(21)16-12-20(10-11-24-16)18(22)19-14-8-4-5-9-15(14)25-13-6-2-3-7-13/h4-5,8-9,13,16H,2-3,6-7,10-12H2,1H3,(H,19,22)/t16-/m0/s1. The highest BCUT2D eigenvalue weighted by Gasteiger charge is 2.30. The van der Waals surface area contributed by atoms with E-state index in [1.165, 1.54) is 20.0 Å². The van der Waals surface area contributed by atoms with Gasteiger partial charge in [-0.25, -0.2) is 9.59 Å². The van der Waals surface area contributed by atoms with E-state index in [2.05, 4.69) is 10.1 Å². The Hall–Kier alpha value is -2.28. The van der Waals surface area contributed by atoms with Crippen LogP contribution in [0.2, 0.25) is 0 Å². The Morgan fingerprint density at radius 2 is 2.00 bits per heavy atom. The molecule has 0 bridgehead atoms. The van der Waals surface area contributed by atoms with Gasteiger partial charge < -0.3 is 24.4 Å². The Morgan fingerprint density at radius 3 is 2.76 bits per heavy atom. The highest BCUT2D eigenvalue weighted by molar-refractivity contribution is 5.91. The summed E-state index contributed by atoms with van der Waals surface area (Å²) in [5, 5.41) is 2.89. The van der Waals surface area contributed by atoms with Crippen LogP contribution >= 0.6 is 0 Å². The predicted molar refractivity (Wildman–Crippen MR) is 91.7 cm³/mol. The molecule has 1 atom stereocenters. The first-order chi connectivity index (χ1) is 12.2. The molecule has 2 aliphatic rings. The van der Waals surface area contributed by atoms with E-state index in [1.54, 1.807) is 4.90 Å². The van der Waals surface area contributed by atoms with Gasteiger partial charge in [-0.05, 0) is 37.8 Å². The summed E-state index contributed by atoms with van der Waals surface area (Å²) in [7, 11) is 1.31. The second kappa shape index (κ2) is 8.20. The van der Waals surface area contributed by atoms with Crippen LogP contribution in [0.3, 0.4) is 0 Å². The lowest BCUT2D eigenvalue weighted by Gasteiger charge is -2.31. The van der Waals surface area contributed by atoms with Crippen LogP contribution in [0.25, 0.3) is 0 Å². The molecule has 1 aliphatic heterocycles. The third kappa shape index (κ3) is 4.42. The van der Waals surface area contributed by atoms with Gasteiger partial charge in [0.25, 0.3) is 0 Å². The fraction of sp³-hybridized carbons (Fsp3) is 0.556. The van der Waals surface area contributed by atoms with Crippen molar-refractivity contribution in [1.29, 1.82) is 0 Å². The minimum absolute atomic E-state index is 0.171. The van der Waals surface area contributed by atoms with Crippen molar-refractivity contribution in [2.45, 2.75) is 37.9 Å². The first kappa shape index (κ1) is 17.5. The van der Waals surface area contributed by atoms with E-state index in [0.717, 1.165) is 12.8 Å². The van der Waals surface area contributed by atoms with Gasteiger partial charge in [0.05, 0.1) is 32.1 Å². The Morgan fingerprint density at radius 1 is 1.24 bits per heavy atom. The third-order valence-electron chi connectivity index (χ3n) is 4.54. The lowest BCUT2D eigenvalue weighted by Crippen LogP contribution is -2.50. The fourth-order valence-electron chi connectivity index (χ4n) is 3.16. The van der Waals surface area contributed by atoms with Crippen LogP contribution in [-0.2, 0) is 14.3 Å². The maximum absolute atomic E-state index is 12.6. The van der Waals surface area contributed by atoms with Gasteiger partial charge in [-0.1, -0.05) is 12.1 Å². The molecule has 1 aromatic rings. The van der Waals surface area contributed by atoms with Crippen LogP contribution in [0.15, 0.2) is 24.3 Å². The number of benzene rings is 1. The Kier molecular flexibility index (Phi) is 5.75. The van der Waals surface area contributed by atoms with Crippen molar-refractivity contribution >= 4 is 17.7 Å². The van der Waals surface area contributed by atoms with E-state index in [-0.39, 0.29) is 18.7 Å². The first-order valence-corrected chi connectivity index (χ1v) is 8.68. The third-order valence-corrected chi connectivity index (χ3v) is 4.54. The Labute approximate surface area is 147 Å². The molecule has 0 unspecified atom stereocenters. The minimum atomic E-state index is -0.741. The largest absolute Gasteiger partial charge is 0.488 e. The average molecular weight is 348 g/mol. The van der Waals surface area contributed by atoms with E-state index in [1.807, 2.05) is 24.3 Å². The average Bonchev–Trinajstić information content (AvgIpc) is 3.16. The molecule has 7 heteroatoms. The van der Waals surface area contributed by atoms with E-state index in [4.69, 9.17) is 9.47 Å². The predicted octanol–water partition coefficient (Wildman–Crippen LogP) is 2.41. The molecule has 2 fully saturated rings. The molecule has 0 radical (unpaired) electrons. The van der Waals surface area contributed by atoms with E-state index < -0.39 is 12.1 Å². The van der Waals surface area contributed by atoms with Crippen molar-refractivity contribution in [3.8, 4) is 5.75 Å². The van der Waals surface area contributed by atoms with Gasteiger partial charge in [0, 0.05) is 6.54 Å². The summed E-state index contributed by atoms with van der Waals surface area (Å²) < 4.78 is 16.1. The number of carbonyl (C=O) groups excluding carboxylic acids is 2. The number of morpholine rings is 1. The zero-order valence-corrected chi connectivity index (χ0v) is 14.4. The van der Waals surface area contributed by atoms with Crippen molar-refractivity contribution in [3.63, 3.8) is 0 Å². The van der Waals surface area contributed by atoms with Crippen molar-refractivity contribution in [1.82, 2.24) is 4.90 Å². The van der Waals surface area contributed by atoms with Gasteiger partial charge in [0.2, 0.25) is 0 Å². The van der Waals surface area contributed by atoms with Crippen molar-refractivity contribution in [3.05, 3.63) is 24.3 Å². The number of hydrogen-bond donors (Lipinski definition) is 1. The van der Waals surface area contributed by atoms with Gasteiger partial charge in [0.15, 0.2) is 6.10 Å². The molecule has 0 aromatic heterocycles. The molecule has 1 heterocycles. The first-order valence-electron chi connectivity index (χ1n) is 8.68. The van der Waals surface area contributed by atoms with Crippen LogP contribution in [-0.4, -0.2) is 55.9 Å². The van der Waals surface area contributed by atoms with E-state index in [0.29, 0.717) is 24.6 Å². The monoisotopic (exact) mass is 348 g/mol. The van der Waals surface area contributed by atoms with Gasteiger partial charge in [-0.2, -0.15) is 0 Å². The van der Waals surface area contributed by atoms with Crippen molar-refractivity contribution < 1.29 is 23.8 Å². The molecule has 136 valence electrons. The zero-order valence-electron chi connectivity index (χ0n) is 14.4. The number of esters is 1. The normalized spacial score (nSPS) is 21.0. The Bertz CT molecular complexity index is 615. The number of nitrogens with one attached hydrogen (secondary N) is 1. The van der Waals surface area contributed by atoms with Crippen LogP contribution < -0.4 is 10.1 Å². The lowest BCUT2D eigenvalue weighted by atomic mass is 10.2. The summed E-state index contributed by atoms with van der Waals surface area (Å²) in [6.45, 7) is 0.891. The molecule has 1 aromatic carbocycles. The number of urea groups is 1. The minimum Gasteiger partial charge on any atom is -0.488 e. The zero-order chi connectivity index (χ0) is 17.6. The highest BCUT2D eigenvalue weighted by atomic mass is 16.6. The molecular formula is C18H24N2O5. The second-order valence-corrected chi connectivity index (χ2v) is 6.28. The summed E-state index contributed by atoms with van der Waals surface area (Å²) in [4.78, 5) is 25.7. The quantitative estimate of drug-likeness (QED) is 0.846. The fourth-order valence-corrected chi connectivity index (χ4v) is 3.16. The van der Waals surface area contributed by atoms with Crippen LogP contribution in [0, 0.1) is 0 Å². The molecule has 1 saturated heterocycles. The number of anilines is 1. The van der Waals surface area contributed by atoms with Crippen LogP contribution in [0.1, 0.15) is 25.7 Å². The molecule has 1 N–H and O–H groups in total. The van der Waals surface area contributed by atoms with Gasteiger partial charge >= 0.3 is 12.0 Å². The van der Waals surface area contributed by atoms with Gasteiger partial charge in [-0.3, -0.25) is 0 Å². The maximum atomic E-state index is 12.6.